The number of carboxylic acid groups (broad SMARTS) is 1. The zero-order valence-electron chi connectivity index (χ0n) is 15.8. The summed E-state index contributed by atoms with van der Waals surface area (Å²) in [7, 11) is 0. The van der Waals surface area contributed by atoms with Crippen molar-refractivity contribution >= 4 is 22.7 Å². The number of carbonyl (C=O) groups is 2. The minimum absolute atomic E-state index is 0.100. The topological polar surface area (TPSA) is 91.4 Å². The Balaban J connectivity index is 1.57. The molecule has 0 saturated heterocycles. The Morgan fingerprint density at radius 1 is 1.14 bits per heavy atom. The van der Waals surface area contributed by atoms with Gasteiger partial charge in [0.05, 0.1) is 6.61 Å². The second-order valence-corrected chi connectivity index (χ2v) is 6.54. The summed E-state index contributed by atoms with van der Waals surface area (Å²) in [6.45, 7) is 2.91. The highest BCUT2D eigenvalue weighted by molar-refractivity contribution is 5.98. The van der Waals surface area contributed by atoms with Gasteiger partial charge < -0.3 is 20.1 Å². The zero-order chi connectivity index (χ0) is 19.9. The third-order valence-corrected chi connectivity index (χ3v) is 4.63. The molecule has 0 aliphatic carbocycles. The van der Waals surface area contributed by atoms with Crippen LogP contribution in [0.2, 0.25) is 0 Å². The number of aromatic nitrogens is 1. The van der Waals surface area contributed by atoms with Crippen molar-refractivity contribution in [1.29, 1.82) is 0 Å². The number of nitrogens with one attached hydrogen (secondary N) is 2. The fourth-order valence-corrected chi connectivity index (χ4v) is 3.17. The smallest absolute Gasteiger partial charge is 0.321 e. The maximum atomic E-state index is 12.4. The van der Waals surface area contributed by atoms with Crippen LogP contribution in [0.4, 0.5) is 0 Å². The monoisotopic (exact) mass is 380 g/mol. The van der Waals surface area contributed by atoms with Crippen LogP contribution in [-0.4, -0.2) is 41.0 Å². The molecule has 3 rings (SSSR count). The van der Waals surface area contributed by atoms with Crippen molar-refractivity contribution in [3.63, 3.8) is 0 Å². The highest BCUT2D eigenvalue weighted by Crippen LogP contribution is 2.18. The molecule has 0 aliphatic heterocycles. The lowest BCUT2D eigenvalue weighted by molar-refractivity contribution is -0.139. The number of carbonyl (C=O) groups excluding carboxylic acids is 1. The number of rotatable bonds is 10. The van der Waals surface area contributed by atoms with Crippen molar-refractivity contribution in [3.8, 4) is 5.75 Å². The van der Waals surface area contributed by atoms with E-state index in [9.17, 15) is 14.7 Å². The Hall–Kier alpha value is -3.12. The van der Waals surface area contributed by atoms with E-state index in [0.717, 1.165) is 16.5 Å². The van der Waals surface area contributed by atoms with Crippen LogP contribution in [0.5, 0.6) is 5.75 Å². The molecule has 0 saturated carbocycles. The van der Waals surface area contributed by atoms with Crippen LogP contribution in [0.15, 0.2) is 54.7 Å². The Bertz CT molecular complexity index is 947. The molecule has 0 aliphatic rings. The number of aromatic amines is 1. The first-order chi connectivity index (χ1) is 13.6. The van der Waals surface area contributed by atoms with Crippen LogP contribution >= 0.6 is 0 Å². The van der Waals surface area contributed by atoms with Gasteiger partial charge >= 0.3 is 5.97 Å². The molecule has 3 N–H and O–H groups in total. The van der Waals surface area contributed by atoms with E-state index in [-0.39, 0.29) is 12.2 Å². The molecule has 6 nitrogen and oxygen atoms in total. The first kappa shape index (κ1) is 19.6. The number of hydrogen-bond donors (Lipinski definition) is 3. The molecule has 1 atom stereocenters. The van der Waals surface area contributed by atoms with Crippen molar-refractivity contribution in [2.24, 2.45) is 0 Å². The van der Waals surface area contributed by atoms with Gasteiger partial charge in [-0.05, 0) is 49.2 Å². The predicted molar refractivity (Wildman–Crippen MR) is 108 cm³/mol. The molecule has 0 fully saturated rings. The standard InChI is InChI=1S/C22H24N2O4/c1-2-28-17-9-7-15(8-10-17)21(25)13-20(22(26)27)23-12-11-16-14-24-19-6-4-3-5-18(16)19/h3-10,14,20,23-24H,2,11-13H2,1H3,(H,26,27)/t20-/m0/s1. The van der Waals surface area contributed by atoms with Gasteiger partial charge in [0.25, 0.3) is 0 Å². The summed E-state index contributed by atoms with van der Waals surface area (Å²) >= 11 is 0. The van der Waals surface area contributed by atoms with E-state index in [2.05, 4.69) is 10.3 Å². The second-order valence-electron chi connectivity index (χ2n) is 6.54. The van der Waals surface area contributed by atoms with Gasteiger partial charge in [-0.15, -0.1) is 0 Å². The molecule has 3 aromatic rings. The lowest BCUT2D eigenvalue weighted by atomic mass is 10.0. The maximum Gasteiger partial charge on any atom is 0.321 e. The number of ketones is 1. The van der Waals surface area contributed by atoms with Crippen LogP contribution in [0.3, 0.4) is 0 Å². The molecule has 1 aromatic heterocycles. The van der Waals surface area contributed by atoms with Gasteiger partial charge in [-0.3, -0.25) is 9.59 Å². The number of H-pyrrole nitrogens is 1. The summed E-state index contributed by atoms with van der Waals surface area (Å²) in [5.74, 6) is -0.557. The maximum absolute atomic E-state index is 12.4. The Kier molecular flexibility index (Phi) is 6.45. The van der Waals surface area contributed by atoms with Gasteiger partial charge in [-0.1, -0.05) is 18.2 Å². The largest absolute Gasteiger partial charge is 0.494 e. The van der Waals surface area contributed by atoms with Gasteiger partial charge in [0.15, 0.2) is 5.78 Å². The molecule has 2 aromatic carbocycles. The van der Waals surface area contributed by atoms with Crippen molar-refractivity contribution in [2.75, 3.05) is 13.2 Å². The fraction of sp³-hybridized carbons (Fsp3) is 0.273. The number of hydrogen-bond acceptors (Lipinski definition) is 4. The number of benzene rings is 2. The molecule has 0 bridgehead atoms. The van der Waals surface area contributed by atoms with Gasteiger partial charge in [0.2, 0.25) is 0 Å². The summed E-state index contributed by atoms with van der Waals surface area (Å²) in [6.07, 6.45) is 2.51. The molecular formula is C22H24N2O4. The molecule has 0 unspecified atom stereocenters. The quantitative estimate of drug-likeness (QED) is 0.469. The van der Waals surface area contributed by atoms with Crippen LogP contribution < -0.4 is 10.1 Å². The van der Waals surface area contributed by atoms with Crippen molar-refractivity contribution < 1.29 is 19.4 Å². The lowest BCUT2D eigenvalue weighted by Gasteiger charge is -2.14. The van der Waals surface area contributed by atoms with Gasteiger partial charge in [-0.2, -0.15) is 0 Å². The number of carboxylic acids is 1. The van der Waals surface area contributed by atoms with Crippen molar-refractivity contribution in [3.05, 3.63) is 65.9 Å². The first-order valence-electron chi connectivity index (χ1n) is 9.35. The zero-order valence-corrected chi connectivity index (χ0v) is 15.8. The van der Waals surface area contributed by atoms with E-state index in [0.29, 0.717) is 30.9 Å². The summed E-state index contributed by atoms with van der Waals surface area (Å²) in [4.78, 5) is 27.2. The van der Waals surface area contributed by atoms with E-state index in [1.165, 1.54) is 0 Å². The molecule has 0 amide bonds. The number of para-hydroxylation sites is 1. The Morgan fingerprint density at radius 2 is 1.89 bits per heavy atom. The summed E-state index contributed by atoms with van der Waals surface area (Å²) in [6, 6.07) is 13.8. The SMILES string of the molecule is CCOc1ccc(C(=O)C[C@H](NCCc2c[nH]c3ccccc23)C(=O)O)cc1. The number of aliphatic carboxylic acids is 1. The highest BCUT2D eigenvalue weighted by Gasteiger charge is 2.21. The van der Waals surface area contributed by atoms with Crippen molar-refractivity contribution in [1.82, 2.24) is 10.3 Å². The van der Waals surface area contributed by atoms with Crippen molar-refractivity contribution in [2.45, 2.75) is 25.8 Å². The summed E-state index contributed by atoms with van der Waals surface area (Å²) in [5.41, 5.74) is 2.65. The first-order valence-corrected chi connectivity index (χ1v) is 9.35. The lowest BCUT2D eigenvalue weighted by Crippen LogP contribution is -2.39. The van der Waals surface area contributed by atoms with Crippen LogP contribution in [0.25, 0.3) is 10.9 Å². The van der Waals surface area contributed by atoms with Gasteiger partial charge in [0.1, 0.15) is 11.8 Å². The van der Waals surface area contributed by atoms with Gasteiger partial charge in [-0.25, -0.2) is 0 Å². The molecular weight excluding hydrogens is 356 g/mol. The van der Waals surface area contributed by atoms with Crippen LogP contribution in [0, 0.1) is 0 Å². The van der Waals surface area contributed by atoms with E-state index in [4.69, 9.17) is 4.74 Å². The predicted octanol–water partition coefficient (Wildman–Crippen LogP) is 3.42. The third kappa shape index (κ3) is 4.78. The molecule has 28 heavy (non-hydrogen) atoms. The number of Topliss-reactive ketones (excluding diaryl/α,β-unsaturated/α-hetero) is 1. The number of ether oxygens (including phenoxy) is 1. The highest BCUT2D eigenvalue weighted by atomic mass is 16.5. The molecule has 146 valence electrons. The fourth-order valence-electron chi connectivity index (χ4n) is 3.17. The summed E-state index contributed by atoms with van der Waals surface area (Å²) in [5, 5.41) is 13.6. The van der Waals surface area contributed by atoms with Crippen LogP contribution in [0.1, 0.15) is 29.3 Å². The molecule has 6 heteroatoms. The normalized spacial score (nSPS) is 12.0. The van der Waals surface area contributed by atoms with Crippen LogP contribution in [-0.2, 0) is 11.2 Å². The average molecular weight is 380 g/mol. The molecule has 1 heterocycles. The molecule has 0 radical (unpaired) electrons. The second kappa shape index (κ2) is 9.19. The van der Waals surface area contributed by atoms with E-state index >= 15 is 0 Å². The Labute approximate surface area is 163 Å². The molecule has 0 spiro atoms. The summed E-state index contributed by atoms with van der Waals surface area (Å²) < 4.78 is 5.36. The Morgan fingerprint density at radius 3 is 2.61 bits per heavy atom. The van der Waals surface area contributed by atoms with E-state index < -0.39 is 12.0 Å². The minimum atomic E-state index is -1.03. The van der Waals surface area contributed by atoms with E-state index in [1.807, 2.05) is 37.4 Å². The number of fused-ring (bicyclic) bond motifs is 1. The average Bonchev–Trinajstić information content (AvgIpc) is 3.11. The van der Waals surface area contributed by atoms with Gasteiger partial charge in [0, 0.05) is 35.6 Å². The minimum Gasteiger partial charge on any atom is -0.494 e. The third-order valence-electron chi connectivity index (χ3n) is 4.63. The van der Waals surface area contributed by atoms with E-state index in [1.54, 1.807) is 24.3 Å².